The predicted octanol–water partition coefficient (Wildman–Crippen LogP) is 6.78. The Morgan fingerprint density at radius 1 is 0.902 bits per heavy atom. The maximum Gasteiger partial charge on any atom is 0.258 e. The van der Waals surface area contributed by atoms with Gasteiger partial charge in [-0.1, -0.05) is 16.4 Å². The molecule has 4 bridgehead atoms. The third-order valence-corrected chi connectivity index (χ3v) is 11.4. The van der Waals surface area contributed by atoms with E-state index in [2.05, 4.69) is 15.3 Å². The highest BCUT2D eigenvalue weighted by molar-refractivity contribution is 5.94. The average molecular weight is 558 g/mol. The Morgan fingerprint density at radius 2 is 1.63 bits per heavy atom. The van der Waals surface area contributed by atoms with Gasteiger partial charge in [-0.05, 0) is 112 Å². The molecule has 0 radical (unpaired) electrons. The third-order valence-electron chi connectivity index (χ3n) is 11.4. The van der Waals surface area contributed by atoms with Crippen LogP contribution in [0, 0.1) is 10.8 Å². The van der Waals surface area contributed by atoms with Crippen LogP contribution in [-0.2, 0) is 10.2 Å². The standard InChI is InChI=1S/C32H36FN5O3/c33-32-16-30(17-32,18-32)15-24(39)38(23-3-1-2-22(14-23)27-34-25(36-40-27)20-4-5-20)19-29-8-11-31(12-9-29,13-10-29)28-35-26(41-37-28)21-6-7-21/h1-3,14,20-21H,4-13,15-19H2. The number of carbonyl (C=O) groups excluding carboxylic acids is 1. The van der Waals surface area contributed by atoms with Gasteiger partial charge in [-0.25, -0.2) is 4.39 Å². The van der Waals surface area contributed by atoms with Crippen molar-refractivity contribution >= 4 is 11.6 Å². The molecular weight excluding hydrogens is 521 g/mol. The maximum absolute atomic E-state index is 14.3. The second-order valence-electron chi connectivity index (χ2n) is 14.6. The molecule has 2 aromatic heterocycles. The van der Waals surface area contributed by atoms with Crippen LogP contribution >= 0.6 is 0 Å². The largest absolute Gasteiger partial charge is 0.339 e. The number of rotatable bonds is 9. The van der Waals surface area contributed by atoms with Crippen LogP contribution in [0.15, 0.2) is 33.3 Å². The first-order valence-corrected chi connectivity index (χ1v) is 15.6. The van der Waals surface area contributed by atoms with Crippen molar-refractivity contribution in [3.63, 3.8) is 0 Å². The van der Waals surface area contributed by atoms with Crippen LogP contribution in [0.5, 0.6) is 0 Å². The van der Waals surface area contributed by atoms with Crippen molar-refractivity contribution in [1.82, 2.24) is 20.3 Å². The van der Waals surface area contributed by atoms with Gasteiger partial charge in [-0.3, -0.25) is 4.79 Å². The number of amides is 1. The fourth-order valence-corrected chi connectivity index (χ4v) is 8.57. The van der Waals surface area contributed by atoms with Gasteiger partial charge in [-0.15, -0.1) is 0 Å². The van der Waals surface area contributed by atoms with E-state index in [9.17, 15) is 9.18 Å². The minimum absolute atomic E-state index is 0.00560. The van der Waals surface area contributed by atoms with Gasteiger partial charge in [0.15, 0.2) is 11.6 Å². The summed E-state index contributed by atoms with van der Waals surface area (Å²) in [6.45, 7) is 0.680. The molecule has 1 aromatic carbocycles. The van der Waals surface area contributed by atoms with Crippen LogP contribution < -0.4 is 4.90 Å². The number of halogens is 1. The second kappa shape index (κ2) is 8.26. The lowest BCUT2D eigenvalue weighted by Gasteiger charge is -2.66. The number of benzene rings is 1. The topological polar surface area (TPSA) is 98.2 Å². The molecule has 0 atom stereocenters. The van der Waals surface area contributed by atoms with Gasteiger partial charge in [0, 0.05) is 41.5 Å². The van der Waals surface area contributed by atoms with Crippen molar-refractivity contribution in [2.45, 2.75) is 113 Å². The molecule has 8 saturated carbocycles. The normalized spacial score (nSPS) is 35.1. The first kappa shape index (κ1) is 24.5. The number of carbonyl (C=O) groups is 1. The molecule has 8 aliphatic carbocycles. The van der Waals surface area contributed by atoms with E-state index in [0.717, 1.165) is 93.0 Å². The number of fused-ring (bicyclic) bond motifs is 3. The zero-order valence-corrected chi connectivity index (χ0v) is 23.4. The Balaban J connectivity index is 0.979. The van der Waals surface area contributed by atoms with E-state index in [4.69, 9.17) is 14.0 Å². The Labute approximate surface area is 238 Å². The number of hydrogen-bond donors (Lipinski definition) is 0. The Kier molecular flexibility index (Phi) is 4.93. The molecule has 11 rings (SSSR count). The lowest BCUT2D eigenvalue weighted by atomic mass is 9.41. The summed E-state index contributed by atoms with van der Waals surface area (Å²) < 4.78 is 25.6. The summed E-state index contributed by atoms with van der Waals surface area (Å²) in [7, 11) is 0. The van der Waals surface area contributed by atoms with Crippen molar-refractivity contribution in [2.75, 3.05) is 11.4 Å². The molecule has 8 fully saturated rings. The Bertz CT molecular complexity index is 1490. The van der Waals surface area contributed by atoms with Crippen LogP contribution in [0.4, 0.5) is 10.1 Å². The highest BCUT2D eigenvalue weighted by Gasteiger charge is 2.69. The van der Waals surface area contributed by atoms with Crippen molar-refractivity contribution in [2.24, 2.45) is 10.8 Å². The molecule has 3 aromatic rings. The summed E-state index contributed by atoms with van der Waals surface area (Å²) in [5, 5.41) is 8.64. The van der Waals surface area contributed by atoms with Crippen LogP contribution in [0.25, 0.3) is 11.5 Å². The molecule has 1 amide bonds. The first-order chi connectivity index (χ1) is 19.8. The molecule has 0 saturated heterocycles. The van der Waals surface area contributed by atoms with Crippen molar-refractivity contribution in [3.05, 3.63) is 41.8 Å². The molecule has 9 heteroatoms. The molecule has 8 nitrogen and oxygen atoms in total. The third kappa shape index (κ3) is 4.01. The monoisotopic (exact) mass is 557 g/mol. The van der Waals surface area contributed by atoms with Crippen molar-refractivity contribution in [3.8, 4) is 11.5 Å². The lowest BCUT2D eigenvalue weighted by Crippen LogP contribution is -2.65. The minimum Gasteiger partial charge on any atom is -0.339 e. The van der Waals surface area contributed by atoms with Crippen molar-refractivity contribution < 1.29 is 18.2 Å². The van der Waals surface area contributed by atoms with Crippen LogP contribution in [0.3, 0.4) is 0 Å². The maximum atomic E-state index is 14.3. The molecule has 41 heavy (non-hydrogen) atoms. The van der Waals surface area contributed by atoms with Gasteiger partial charge in [0.2, 0.25) is 11.8 Å². The Hall–Kier alpha value is -3.10. The summed E-state index contributed by atoms with van der Waals surface area (Å²) in [5.41, 5.74) is 0.611. The SMILES string of the molecule is O=C(CC12CC(F)(C1)C2)N(CC12CCC(c3noc(C4CC4)n3)(CC1)CC2)c1cccc(-c2nc(C3CC3)no2)c1. The highest BCUT2D eigenvalue weighted by Crippen LogP contribution is 2.71. The van der Waals surface area contributed by atoms with Crippen LogP contribution in [-0.4, -0.2) is 38.4 Å². The van der Waals surface area contributed by atoms with Gasteiger partial charge in [0.1, 0.15) is 5.67 Å². The molecule has 0 N–H and O–H groups in total. The molecule has 214 valence electrons. The number of alkyl halides is 1. The van der Waals surface area contributed by atoms with E-state index in [1.54, 1.807) is 0 Å². The van der Waals surface area contributed by atoms with E-state index >= 15 is 0 Å². The van der Waals surface area contributed by atoms with Gasteiger partial charge >= 0.3 is 0 Å². The summed E-state index contributed by atoms with van der Waals surface area (Å²) in [6.07, 6.45) is 12.8. The molecule has 2 heterocycles. The fourth-order valence-electron chi connectivity index (χ4n) is 8.57. The smallest absolute Gasteiger partial charge is 0.258 e. The lowest BCUT2D eigenvalue weighted by molar-refractivity contribution is -0.215. The molecule has 0 aliphatic heterocycles. The fraction of sp³-hybridized carbons (Fsp3) is 0.656. The number of anilines is 1. The first-order valence-electron chi connectivity index (χ1n) is 15.6. The summed E-state index contributed by atoms with van der Waals surface area (Å²) in [6, 6.07) is 7.98. The molecular formula is C32H36FN5O3. The summed E-state index contributed by atoms with van der Waals surface area (Å²) >= 11 is 0. The van der Waals surface area contributed by atoms with E-state index in [1.165, 1.54) is 0 Å². The number of nitrogens with zero attached hydrogens (tertiary/aromatic N) is 5. The summed E-state index contributed by atoms with van der Waals surface area (Å²) in [5.74, 6) is 4.00. The van der Waals surface area contributed by atoms with Crippen molar-refractivity contribution in [1.29, 1.82) is 0 Å². The summed E-state index contributed by atoms with van der Waals surface area (Å²) in [4.78, 5) is 25.6. The number of aromatic nitrogens is 4. The molecule has 8 aliphatic rings. The van der Waals surface area contributed by atoms with E-state index in [1.807, 2.05) is 29.2 Å². The van der Waals surface area contributed by atoms with Gasteiger partial charge < -0.3 is 13.9 Å². The van der Waals surface area contributed by atoms with Crippen LogP contribution in [0.2, 0.25) is 0 Å². The molecule has 0 spiro atoms. The highest BCUT2D eigenvalue weighted by atomic mass is 19.1. The van der Waals surface area contributed by atoms with Crippen LogP contribution in [0.1, 0.15) is 119 Å². The zero-order valence-electron chi connectivity index (χ0n) is 23.4. The van der Waals surface area contributed by atoms with Gasteiger partial charge in [0.05, 0.1) is 0 Å². The van der Waals surface area contributed by atoms with Gasteiger partial charge in [-0.2, -0.15) is 9.97 Å². The minimum atomic E-state index is -1.01. The zero-order chi connectivity index (χ0) is 27.5. The van der Waals surface area contributed by atoms with E-state index in [0.29, 0.717) is 50.0 Å². The van der Waals surface area contributed by atoms with E-state index < -0.39 is 5.67 Å². The quantitative estimate of drug-likeness (QED) is 0.286. The predicted molar refractivity (Wildman–Crippen MR) is 147 cm³/mol. The average Bonchev–Trinajstić information content (AvgIpc) is 3.90. The molecule has 0 unspecified atom stereocenters. The van der Waals surface area contributed by atoms with E-state index in [-0.39, 0.29) is 22.2 Å². The second-order valence-corrected chi connectivity index (χ2v) is 14.6. The number of hydrogen-bond acceptors (Lipinski definition) is 7. The van der Waals surface area contributed by atoms with Gasteiger partial charge in [0.25, 0.3) is 5.89 Å². The Morgan fingerprint density at radius 3 is 2.32 bits per heavy atom.